The van der Waals surface area contributed by atoms with Gasteiger partial charge in [-0.3, -0.25) is 14.9 Å². The van der Waals surface area contributed by atoms with E-state index in [0.717, 1.165) is 29.8 Å². The molecule has 190 valence electrons. The van der Waals surface area contributed by atoms with Gasteiger partial charge in [-0.05, 0) is 24.3 Å². The van der Waals surface area contributed by atoms with Crippen LogP contribution in [0.15, 0.2) is 43.7 Å². The number of nitrogens with zero attached hydrogens (tertiary/aromatic N) is 2. The van der Waals surface area contributed by atoms with E-state index >= 15 is 0 Å². The Labute approximate surface area is 231 Å². The fourth-order valence-corrected chi connectivity index (χ4v) is 8.11. The second kappa shape index (κ2) is 12.6. The van der Waals surface area contributed by atoms with Crippen LogP contribution in [-0.2, 0) is 0 Å². The van der Waals surface area contributed by atoms with Crippen molar-refractivity contribution in [1.29, 1.82) is 0 Å². The first-order valence-electron chi connectivity index (χ1n) is 10.3. The summed E-state index contributed by atoms with van der Waals surface area (Å²) < 4.78 is 1.60. The average molecular weight is 600 g/mol. The van der Waals surface area contributed by atoms with Crippen LogP contribution in [0, 0.1) is 0 Å². The van der Waals surface area contributed by atoms with Crippen LogP contribution in [0.4, 0.5) is 0 Å². The Morgan fingerprint density at radius 3 is 1.83 bits per heavy atom. The van der Waals surface area contributed by atoms with Crippen molar-refractivity contribution in [2.24, 2.45) is 11.5 Å². The molecule has 15 heteroatoms. The van der Waals surface area contributed by atoms with Gasteiger partial charge in [0.05, 0.1) is 37.0 Å². The van der Waals surface area contributed by atoms with Crippen LogP contribution >= 0.6 is 68.9 Å². The van der Waals surface area contributed by atoms with Gasteiger partial charge in [0.2, 0.25) is 0 Å². The Bertz CT molecular complexity index is 1230. The Balaban J connectivity index is 1.17. The topological polar surface area (TPSA) is 164 Å². The van der Waals surface area contributed by atoms with Crippen molar-refractivity contribution in [3.63, 3.8) is 0 Å². The highest BCUT2D eigenvalue weighted by Crippen LogP contribution is 2.33. The van der Waals surface area contributed by atoms with E-state index < -0.39 is 24.1 Å². The number of hydrogen-bond donors (Lipinski definition) is 5. The largest absolute Gasteiger partial charge is 0.391 e. The summed E-state index contributed by atoms with van der Waals surface area (Å²) in [6, 6.07) is 7.01. The van der Waals surface area contributed by atoms with Crippen LogP contribution in [0.25, 0.3) is 21.1 Å². The number of carbonyl (C=O) groups excluding carboxylic acids is 2. The third-order valence-corrected chi connectivity index (χ3v) is 11.0. The lowest BCUT2D eigenvalue weighted by Gasteiger charge is -2.15. The second-order valence-electron chi connectivity index (χ2n) is 7.25. The number of carbonyl (C=O) groups is 2. The predicted octanol–water partition coefficient (Wildman–Crippen LogP) is 3.41. The van der Waals surface area contributed by atoms with E-state index in [9.17, 15) is 19.8 Å². The normalized spacial score (nSPS) is 13.1. The first-order valence-corrected chi connectivity index (χ1v) is 15.7. The zero-order valence-corrected chi connectivity index (χ0v) is 23.3. The van der Waals surface area contributed by atoms with Gasteiger partial charge in [0.25, 0.3) is 11.8 Å². The van der Waals surface area contributed by atoms with Crippen LogP contribution in [-0.4, -0.2) is 62.4 Å². The molecule has 0 saturated carbocycles. The lowest BCUT2D eigenvalue weighted by atomic mass is 10.3. The van der Waals surface area contributed by atoms with Crippen molar-refractivity contribution in [2.75, 3.05) is 18.1 Å². The van der Waals surface area contributed by atoms with Gasteiger partial charge >= 0.3 is 0 Å². The van der Waals surface area contributed by atoms with E-state index in [1.165, 1.54) is 68.9 Å². The smallest absolute Gasteiger partial charge is 0.258 e. The number of aliphatic hydroxyl groups excluding tert-OH is 2. The van der Waals surface area contributed by atoms with Crippen molar-refractivity contribution in [3.05, 3.63) is 44.8 Å². The molecular weight excluding hydrogens is 579 g/mol. The third-order valence-electron chi connectivity index (χ3n) is 4.52. The van der Waals surface area contributed by atoms with Gasteiger partial charge in [-0.2, -0.15) is 0 Å². The molecule has 0 spiro atoms. The van der Waals surface area contributed by atoms with Gasteiger partial charge in [0, 0.05) is 28.8 Å². The molecular formula is C21H21N5O4S6. The van der Waals surface area contributed by atoms with E-state index in [1.54, 1.807) is 12.1 Å². The summed E-state index contributed by atoms with van der Waals surface area (Å²) in [6.45, 7) is 0.230. The van der Waals surface area contributed by atoms with Gasteiger partial charge in [0.15, 0.2) is 8.68 Å². The number of nitrogens with one attached hydrogen (secondary N) is 1. The number of thiophene rings is 2. The highest BCUT2D eigenvalue weighted by atomic mass is 32.2. The number of primary amides is 2. The number of thioether (sulfide) groups is 2. The number of hydrogen-bond acceptors (Lipinski definition) is 13. The fourth-order valence-electron chi connectivity index (χ4n) is 2.80. The van der Waals surface area contributed by atoms with Gasteiger partial charge in [0.1, 0.15) is 6.23 Å². The molecule has 0 radical (unpaired) electrons. The van der Waals surface area contributed by atoms with Crippen molar-refractivity contribution < 1.29 is 19.8 Å². The number of aliphatic hydroxyl groups is 2. The van der Waals surface area contributed by atoms with E-state index in [2.05, 4.69) is 15.3 Å². The van der Waals surface area contributed by atoms with Crippen molar-refractivity contribution in [2.45, 2.75) is 21.0 Å². The van der Waals surface area contributed by atoms with E-state index in [-0.39, 0.29) is 6.54 Å². The lowest BCUT2D eigenvalue weighted by molar-refractivity contribution is 0.0995. The lowest BCUT2D eigenvalue weighted by Crippen LogP contribution is -2.37. The Kier molecular flexibility index (Phi) is 9.54. The molecule has 0 aliphatic heterocycles. The van der Waals surface area contributed by atoms with Gasteiger partial charge in [-0.1, -0.05) is 23.5 Å². The molecule has 2 amide bonds. The average Bonchev–Trinajstić information content (AvgIpc) is 3.65. The second-order valence-corrected chi connectivity index (χ2v) is 13.7. The molecule has 7 N–H and O–H groups in total. The first-order chi connectivity index (χ1) is 17.3. The molecule has 0 fully saturated rings. The summed E-state index contributed by atoms with van der Waals surface area (Å²) in [5.41, 5.74) is 12.2. The molecule has 9 nitrogen and oxygen atoms in total. The van der Waals surface area contributed by atoms with Gasteiger partial charge in [-0.25, -0.2) is 9.97 Å². The molecule has 0 bridgehead atoms. The summed E-state index contributed by atoms with van der Waals surface area (Å²) in [7, 11) is 0. The highest BCUT2D eigenvalue weighted by Gasteiger charge is 2.15. The SMILES string of the molecule is NC(=O)c1ccc(-c2csc(SCC(O)CNC(O)CSc3nc(-c4ccc(C(N)=O)s4)cs3)n2)s1. The Morgan fingerprint density at radius 1 is 0.861 bits per heavy atom. The van der Waals surface area contributed by atoms with Gasteiger partial charge < -0.3 is 21.7 Å². The minimum Gasteiger partial charge on any atom is -0.391 e. The van der Waals surface area contributed by atoms with Crippen molar-refractivity contribution in [1.82, 2.24) is 15.3 Å². The third kappa shape index (κ3) is 7.36. The minimum atomic E-state index is -0.810. The van der Waals surface area contributed by atoms with Crippen molar-refractivity contribution >= 4 is 80.7 Å². The zero-order chi connectivity index (χ0) is 25.7. The summed E-state index contributed by atoms with van der Waals surface area (Å²) in [5.74, 6) is -0.128. The Hall–Kier alpha value is -1.82. The number of thiazole rings is 2. The molecule has 0 aliphatic rings. The van der Waals surface area contributed by atoms with Crippen LogP contribution < -0.4 is 16.8 Å². The molecule has 0 aliphatic carbocycles. The van der Waals surface area contributed by atoms with E-state index in [1.807, 2.05) is 22.9 Å². The summed E-state index contributed by atoms with van der Waals surface area (Å²) in [5, 5.41) is 27.3. The monoisotopic (exact) mass is 599 g/mol. The first kappa shape index (κ1) is 27.2. The zero-order valence-electron chi connectivity index (χ0n) is 18.4. The van der Waals surface area contributed by atoms with Gasteiger partial charge in [-0.15, -0.1) is 45.3 Å². The number of aromatic nitrogens is 2. The molecule has 4 aromatic rings. The standard InChI is InChI=1S/C21H21N5O4S6/c22-18(29)15-3-1-13(35-15)11-7-32-20(25-11)31-6-10(27)5-24-17(28)9-34-21-26-12(8-33-21)14-2-4-16(36-14)19(23)30/h1-4,7-8,10,17,24,27-28H,5-6,9H2,(H2,22,29)(H2,23,30). The van der Waals surface area contributed by atoms with Crippen LogP contribution in [0.3, 0.4) is 0 Å². The number of rotatable bonds is 13. The summed E-state index contributed by atoms with van der Waals surface area (Å²) in [6.07, 6.45) is -1.48. The summed E-state index contributed by atoms with van der Waals surface area (Å²) in [4.78, 5) is 34.3. The quantitative estimate of drug-likeness (QED) is 0.114. The highest BCUT2D eigenvalue weighted by molar-refractivity contribution is 8.01. The van der Waals surface area contributed by atoms with Crippen LogP contribution in [0.1, 0.15) is 19.3 Å². The molecule has 4 heterocycles. The molecule has 4 aromatic heterocycles. The maximum atomic E-state index is 11.3. The predicted molar refractivity (Wildman–Crippen MR) is 149 cm³/mol. The van der Waals surface area contributed by atoms with E-state index in [4.69, 9.17) is 11.5 Å². The maximum Gasteiger partial charge on any atom is 0.258 e. The molecule has 0 saturated heterocycles. The van der Waals surface area contributed by atoms with Crippen molar-refractivity contribution in [3.8, 4) is 21.1 Å². The van der Waals surface area contributed by atoms with Crippen LogP contribution in [0.5, 0.6) is 0 Å². The number of nitrogens with two attached hydrogens (primary N) is 2. The minimum absolute atomic E-state index is 0.230. The van der Waals surface area contributed by atoms with Crippen LogP contribution in [0.2, 0.25) is 0 Å². The molecule has 4 rings (SSSR count). The maximum absolute atomic E-state index is 11.3. The fraction of sp³-hybridized carbons (Fsp3) is 0.238. The summed E-state index contributed by atoms with van der Waals surface area (Å²) >= 11 is 8.36. The molecule has 36 heavy (non-hydrogen) atoms. The number of amides is 2. The molecule has 2 unspecified atom stereocenters. The molecule has 0 aromatic carbocycles. The Morgan fingerprint density at radius 2 is 1.36 bits per heavy atom. The molecule has 2 atom stereocenters. The van der Waals surface area contributed by atoms with E-state index in [0.29, 0.717) is 21.3 Å².